The van der Waals surface area contributed by atoms with E-state index in [1.54, 1.807) is 24.1 Å². The van der Waals surface area contributed by atoms with Crippen LogP contribution in [0, 0.1) is 5.92 Å². The summed E-state index contributed by atoms with van der Waals surface area (Å²) in [6.45, 7) is 1.69. The highest BCUT2D eigenvalue weighted by Gasteiger charge is 2.29. The van der Waals surface area contributed by atoms with Gasteiger partial charge in [-0.25, -0.2) is 4.79 Å². The highest BCUT2D eigenvalue weighted by Crippen LogP contribution is 2.47. The number of hydrogen-bond donors (Lipinski definition) is 2. The predicted molar refractivity (Wildman–Crippen MR) is 183 cm³/mol. The number of hydrogen-bond acceptors (Lipinski definition) is 6. The fourth-order valence-electron chi connectivity index (χ4n) is 5.80. The molecule has 4 aromatic rings. The van der Waals surface area contributed by atoms with Gasteiger partial charge in [-0.3, -0.25) is 4.79 Å². The minimum atomic E-state index is -1.09. The average molecular weight is 641 g/mol. The molecule has 0 bridgehead atoms. The smallest absolute Gasteiger partial charge is 0.371 e. The van der Waals surface area contributed by atoms with Crippen molar-refractivity contribution in [3.63, 3.8) is 0 Å². The molecule has 0 radical (unpaired) electrons. The Balaban J connectivity index is 0.000000179. The Hall–Kier alpha value is -3.98. The first-order valence-corrected chi connectivity index (χ1v) is 16.9. The molecule has 4 aromatic carbocycles. The molecule has 0 aliphatic heterocycles. The molecule has 0 amide bonds. The van der Waals surface area contributed by atoms with Crippen molar-refractivity contribution < 1.29 is 29.3 Å². The molecular weight excluding hydrogens is 605 g/mol. The second-order valence-corrected chi connectivity index (χ2v) is 12.9. The van der Waals surface area contributed by atoms with Gasteiger partial charge in [0.1, 0.15) is 0 Å². The van der Waals surface area contributed by atoms with Crippen LogP contribution in [0.3, 0.4) is 0 Å². The largest absolute Gasteiger partial charge is 0.481 e. The minimum Gasteiger partial charge on any atom is -0.481 e. The first kappa shape index (κ1) is 32.4. The summed E-state index contributed by atoms with van der Waals surface area (Å²) >= 11 is 3.17. The van der Waals surface area contributed by atoms with Gasteiger partial charge in [0.25, 0.3) is 0 Å². The number of ether oxygens (including phenoxy) is 2. The second kappa shape index (κ2) is 15.3. The molecule has 0 saturated carbocycles. The van der Waals surface area contributed by atoms with Crippen molar-refractivity contribution in [1.82, 2.24) is 0 Å². The zero-order valence-electron chi connectivity index (χ0n) is 25.2. The van der Waals surface area contributed by atoms with Gasteiger partial charge in [0.15, 0.2) is 6.79 Å². The molecule has 2 N–H and O–H groups in total. The summed E-state index contributed by atoms with van der Waals surface area (Å²) in [4.78, 5) is 22.1. The second-order valence-electron chi connectivity index (χ2n) is 10.9. The quantitative estimate of drug-likeness (QED) is 0.0907. The van der Waals surface area contributed by atoms with Crippen LogP contribution in [-0.4, -0.2) is 53.3 Å². The summed E-state index contributed by atoms with van der Waals surface area (Å²) in [6.07, 6.45) is 0. The van der Waals surface area contributed by atoms with Crippen LogP contribution in [0.1, 0.15) is 41.0 Å². The monoisotopic (exact) mass is 640 g/mol. The summed E-state index contributed by atoms with van der Waals surface area (Å²) in [5.74, 6) is 0.785. The lowest BCUT2D eigenvalue weighted by molar-refractivity contribution is -0.140. The van der Waals surface area contributed by atoms with Gasteiger partial charge < -0.3 is 19.7 Å². The molecular formula is C37H36O6S2. The van der Waals surface area contributed by atoms with E-state index >= 15 is 0 Å². The van der Waals surface area contributed by atoms with Gasteiger partial charge >= 0.3 is 11.9 Å². The number of methoxy groups -OCH3 is 1. The van der Waals surface area contributed by atoms with Crippen LogP contribution in [0.5, 0.6) is 0 Å². The van der Waals surface area contributed by atoms with E-state index in [2.05, 4.69) is 72.8 Å². The van der Waals surface area contributed by atoms with Gasteiger partial charge in [0.2, 0.25) is 5.76 Å². The molecule has 2 aliphatic carbocycles. The molecule has 45 heavy (non-hydrogen) atoms. The number of thioether (sulfide) groups is 2. The number of benzene rings is 4. The number of carboxylic acids is 2. The lowest BCUT2D eigenvalue weighted by Crippen LogP contribution is -2.13. The maximum atomic E-state index is 11.2. The zero-order valence-corrected chi connectivity index (χ0v) is 26.9. The number of fused-ring (bicyclic) bond motifs is 6. The molecule has 0 saturated heterocycles. The molecule has 232 valence electrons. The van der Waals surface area contributed by atoms with Crippen LogP contribution in [-0.2, 0) is 19.1 Å². The number of carboxylic acid groups (broad SMARTS) is 2. The fraction of sp³-hybridized carbons (Fsp3) is 0.243. The number of carbonyl (C=O) groups is 2. The van der Waals surface area contributed by atoms with Crippen molar-refractivity contribution in [1.29, 1.82) is 0 Å². The van der Waals surface area contributed by atoms with Crippen LogP contribution < -0.4 is 0 Å². The molecule has 0 spiro atoms. The Morgan fingerprint density at radius 3 is 1.56 bits per heavy atom. The predicted octanol–water partition coefficient (Wildman–Crippen LogP) is 8.33. The van der Waals surface area contributed by atoms with Gasteiger partial charge in [0.05, 0.1) is 5.92 Å². The Bertz CT molecular complexity index is 1590. The highest BCUT2D eigenvalue weighted by atomic mass is 32.2. The third-order valence-electron chi connectivity index (χ3n) is 8.00. The molecule has 0 fully saturated rings. The summed E-state index contributed by atoms with van der Waals surface area (Å²) in [5, 5.41) is 19.7. The number of aliphatic carboxylic acids is 2. The van der Waals surface area contributed by atoms with Gasteiger partial charge in [-0.2, -0.15) is 11.8 Å². The van der Waals surface area contributed by atoms with Crippen LogP contribution in [0.15, 0.2) is 108 Å². The molecule has 0 unspecified atom stereocenters. The summed E-state index contributed by atoms with van der Waals surface area (Å²) in [7, 11) is 1.46. The standard InChI is InChI=1S/C19H18O4S.C18H18O2S/c1-22-12-23-18(19(20)21)11-24-10-17-15-8-4-2-6-13(15)14-7-3-5-9-16(14)17;1-12(18(19)20)10-21-11-17-15-8-4-2-6-13(15)14-7-3-5-9-16(14)17/h2-9,11,17H,10,12H2,1H3,(H,20,21);2-9,12,17H,10-11H2,1H3,(H,19,20)/b18-11+;/t;12-/m.1/s1. The van der Waals surface area contributed by atoms with Crippen LogP contribution in [0.2, 0.25) is 0 Å². The first-order valence-electron chi connectivity index (χ1n) is 14.7. The van der Waals surface area contributed by atoms with Gasteiger partial charge in [-0.1, -0.05) is 104 Å². The van der Waals surface area contributed by atoms with Crippen LogP contribution in [0.4, 0.5) is 0 Å². The minimum absolute atomic E-state index is 0.0756. The van der Waals surface area contributed by atoms with Crippen molar-refractivity contribution in [2.45, 2.75) is 18.8 Å². The van der Waals surface area contributed by atoms with E-state index in [1.807, 2.05) is 24.3 Å². The highest BCUT2D eigenvalue weighted by molar-refractivity contribution is 8.02. The van der Waals surface area contributed by atoms with E-state index in [9.17, 15) is 9.59 Å². The molecule has 2 aliphatic rings. The molecule has 0 aromatic heterocycles. The van der Waals surface area contributed by atoms with Crippen LogP contribution >= 0.6 is 23.5 Å². The Labute approximate surface area is 272 Å². The van der Waals surface area contributed by atoms with Gasteiger partial charge in [-0.15, -0.1) is 11.8 Å². The van der Waals surface area contributed by atoms with Crippen molar-refractivity contribution in [3.8, 4) is 22.3 Å². The van der Waals surface area contributed by atoms with E-state index in [0.717, 1.165) is 11.5 Å². The lowest BCUT2D eigenvalue weighted by atomic mass is 9.99. The lowest BCUT2D eigenvalue weighted by Gasteiger charge is -2.14. The normalized spacial score (nSPS) is 14.0. The summed E-state index contributed by atoms with van der Waals surface area (Å²) in [5.41, 5.74) is 10.5. The van der Waals surface area contributed by atoms with Gasteiger partial charge in [0, 0.05) is 41.6 Å². The Morgan fingerprint density at radius 1 is 0.733 bits per heavy atom. The van der Waals surface area contributed by atoms with Crippen molar-refractivity contribution >= 4 is 35.5 Å². The molecule has 0 heterocycles. The van der Waals surface area contributed by atoms with Crippen molar-refractivity contribution in [2.75, 3.05) is 31.2 Å². The third kappa shape index (κ3) is 7.47. The fourth-order valence-corrected chi connectivity index (χ4v) is 8.00. The molecule has 6 rings (SSSR count). The SMILES string of the molecule is COCO/C(=C/SCC1c2ccccc2-c2ccccc21)C(=O)O.C[C@H](CSCC1c2ccccc2-c2ccccc21)C(=O)O. The Morgan fingerprint density at radius 2 is 1.16 bits per heavy atom. The number of rotatable bonds is 12. The molecule has 8 heteroatoms. The topological polar surface area (TPSA) is 93.1 Å². The zero-order chi connectivity index (χ0) is 31.8. The summed E-state index contributed by atoms with van der Waals surface area (Å²) < 4.78 is 9.83. The van der Waals surface area contributed by atoms with E-state index in [1.165, 1.54) is 63.4 Å². The maximum absolute atomic E-state index is 11.2. The van der Waals surface area contributed by atoms with E-state index < -0.39 is 11.9 Å². The Kier molecular flexibility index (Phi) is 11.1. The van der Waals surface area contributed by atoms with E-state index in [0.29, 0.717) is 11.7 Å². The van der Waals surface area contributed by atoms with E-state index in [-0.39, 0.29) is 24.4 Å². The average Bonchev–Trinajstić information content (AvgIpc) is 3.55. The molecule has 6 nitrogen and oxygen atoms in total. The van der Waals surface area contributed by atoms with Crippen molar-refractivity contribution in [2.24, 2.45) is 5.92 Å². The van der Waals surface area contributed by atoms with Crippen molar-refractivity contribution in [3.05, 3.63) is 130 Å². The summed E-state index contributed by atoms with van der Waals surface area (Å²) in [6, 6.07) is 33.8. The molecule has 1 atom stereocenters. The van der Waals surface area contributed by atoms with Gasteiger partial charge in [-0.05, 0) is 44.5 Å². The first-order chi connectivity index (χ1) is 21.9. The third-order valence-corrected chi connectivity index (χ3v) is 10.2. The maximum Gasteiger partial charge on any atom is 0.371 e. The van der Waals surface area contributed by atoms with E-state index in [4.69, 9.17) is 19.7 Å². The van der Waals surface area contributed by atoms with Crippen LogP contribution in [0.25, 0.3) is 22.3 Å².